The fourth-order valence-corrected chi connectivity index (χ4v) is 4.04. The molecule has 1 atom stereocenters. The third-order valence-electron chi connectivity index (χ3n) is 5.02. The summed E-state index contributed by atoms with van der Waals surface area (Å²) >= 11 is 1.20. The zero-order valence-corrected chi connectivity index (χ0v) is 15.6. The number of imide groups is 1. The average molecular weight is 370 g/mol. The van der Waals surface area contributed by atoms with E-state index >= 15 is 0 Å². The Hall–Kier alpha value is -2.12. The Morgan fingerprint density at radius 1 is 1.19 bits per heavy atom. The van der Waals surface area contributed by atoms with Gasteiger partial charge in [0.25, 0.3) is 5.91 Å². The van der Waals surface area contributed by atoms with E-state index in [0.29, 0.717) is 12.2 Å². The number of amides is 2. The SMILES string of the molecule is Cc1ccc(-c2snnc2C(=O)N(C(=O)C2CCCNC2)C2CC2)cc1. The maximum absolute atomic E-state index is 13.2. The molecule has 2 heterocycles. The first-order valence-electron chi connectivity index (χ1n) is 9.12. The van der Waals surface area contributed by atoms with E-state index in [1.54, 1.807) is 0 Å². The van der Waals surface area contributed by atoms with Crippen molar-refractivity contribution in [2.75, 3.05) is 13.1 Å². The Morgan fingerprint density at radius 3 is 2.62 bits per heavy atom. The molecule has 1 N–H and O–H groups in total. The number of nitrogens with zero attached hydrogens (tertiary/aromatic N) is 3. The number of rotatable bonds is 4. The Labute approximate surface area is 156 Å². The van der Waals surface area contributed by atoms with Crippen molar-refractivity contribution in [3.8, 4) is 10.4 Å². The van der Waals surface area contributed by atoms with Crippen LogP contribution in [-0.2, 0) is 4.79 Å². The van der Waals surface area contributed by atoms with E-state index in [9.17, 15) is 9.59 Å². The lowest BCUT2D eigenvalue weighted by molar-refractivity contribution is -0.133. The lowest BCUT2D eigenvalue weighted by atomic mass is 9.97. The minimum atomic E-state index is -0.299. The largest absolute Gasteiger partial charge is 0.316 e. The van der Waals surface area contributed by atoms with Crippen LogP contribution in [0.25, 0.3) is 10.4 Å². The summed E-state index contributed by atoms with van der Waals surface area (Å²) < 4.78 is 4.00. The van der Waals surface area contributed by atoms with Crippen molar-refractivity contribution in [3.05, 3.63) is 35.5 Å². The normalized spacial score (nSPS) is 20.0. The summed E-state index contributed by atoms with van der Waals surface area (Å²) in [6.45, 7) is 3.61. The predicted octanol–water partition coefficient (Wildman–Crippen LogP) is 2.64. The first kappa shape index (κ1) is 17.3. The summed E-state index contributed by atoms with van der Waals surface area (Å²) in [5.74, 6) is -0.484. The molecule has 1 aliphatic heterocycles. The van der Waals surface area contributed by atoms with Crippen molar-refractivity contribution in [1.29, 1.82) is 0 Å². The number of hydrogen-bond donors (Lipinski definition) is 1. The zero-order chi connectivity index (χ0) is 18.1. The van der Waals surface area contributed by atoms with Crippen molar-refractivity contribution in [2.45, 2.75) is 38.6 Å². The third kappa shape index (κ3) is 3.41. The Balaban J connectivity index is 1.62. The van der Waals surface area contributed by atoms with Crippen LogP contribution in [0.3, 0.4) is 0 Å². The van der Waals surface area contributed by atoms with Crippen molar-refractivity contribution < 1.29 is 9.59 Å². The highest BCUT2D eigenvalue weighted by molar-refractivity contribution is 7.09. The van der Waals surface area contributed by atoms with Crippen LogP contribution < -0.4 is 5.32 Å². The molecule has 1 aromatic carbocycles. The molecule has 1 saturated carbocycles. The monoisotopic (exact) mass is 370 g/mol. The summed E-state index contributed by atoms with van der Waals surface area (Å²) in [4.78, 5) is 28.4. The van der Waals surface area contributed by atoms with Gasteiger partial charge in [-0.3, -0.25) is 14.5 Å². The van der Waals surface area contributed by atoms with Gasteiger partial charge >= 0.3 is 0 Å². The standard InChI is InChI=1S/C19H22N4O2S/c1-12-4-6-13(7-5-12)17-16(21-22-26-17)19(25)23(15-8-9-15)18(24)14-3-2-10-20-11-14/h4-7,14-15,20H,2-3,8-11H2,1H3. The van der Waals surface area contributed by atoms with Gasteiger partial charge in [-0.1, -0.05) is 34.3 Å². The molecular formula is C19H22N4O2S. The maximum atomic E-state index is 13.2. The van der Waals surface area contributed by atoms with E-state index in [1.165, 1.54) is 16.4 Å². The van der Waals surface area contributed by atoms with E-state index < -0.39 is 0 Å². The number of aryl methyl sites for hydroxylation is 1. The van der Waals surface area contributed by atoms with Gasteiger partial charge < -0.3 is 5.32 Å². The van der Waals surface area contributed by atoms with E-state index in [2.05, 4.69) is 14.9 Å². The highest BCUT2D eigenvalue weighted by atomic mass is 32.1. The molecule has 136 valence electrons. The van der Waals surface area contributed by atoms with Crippen LogP contribution in [0.5, 0.6) is 0 Å². The van der Waals surface area contributed by atoms with E-state index in [-0.39, 0.29) is 23.8 Å². The molecule has 26 heavy (non-hydrogen) atoms. The molecule has 2 fully saturated rings. The minimum Gasteiger partial charge on any atom is -0.316 e. The Kier molecular flexibility index (Phi) is 4.82. The number of aromatic nitrogens is 2. The quantitative estimate of drug-likeness (QED) is 0.838. The molecule has 0 bridgehead atoms. The molecule has 7 heteroatoms. The number of carbonyl (C=O) groups excluding carboxylic acids is 2. The van der Waals surface area contributed by atoms with E-state index in [0.717, 1.165) is 48.2 Å². The molecule has 4 rings (SSSR count). The number of nitrogens with one attached hydrogen (secondary N) is 1. The van der Waals surface area contributed by atoms with E-state index in [4.69, 9.17) is 0 Å². The first-order valence-corrected chi connectivity index (χ1v) is 9.90. The summed E-state index contributed by atoms with van der Waals surface area (Å²) in [5, 5.41) is 7.34. The van der Waals surface area contributed by atoms with Crippen molar-refractivity contribution in [1.82, 2.24) is 19.8 Å². The lowest BCUT2D eigenvalue weighted by Gasteiger charge is -2.28. The number of carbonyl (C=O) groups is 2. The molecule has 6 nitrogen and oxygen atoms in total. The fourth-order valence-electron chi connectivity index (χ4n) is 3.38. The minimum absolute atomic E-state index is 0.0181. The highest BCUT2D eigenvalue weighted by Gasteiger charge is 2.42. The summed E-state index contributed by atoms with van der Waals surface area (Å²) in [6, 6.07) is 7.96. The van der Waals surface area contributed by atoms with Gasteiger partial charge in [0.15, 0.2) is 5.69 Å². The van der Waals surface area contributed by atoms with Crippen LogP contribution in [0, 0.1) is 12.8 Å². The molecule has 0 radical (unpaired) electrons. The number of piperidine rings is 1. The van der Waals surface area contributed by atoms with Crippen LogP contribution in [0.1, 0.15) is 41.7 Å². The van der Waals surface area contributed by atoms with Crippen LogP contribution in [0.15, 0.2) is 24.3 Å². The molecule has 2 amide bonds. The molecule has 1 unspecified atom stereocenters. The molecule has 0 spiro atoms. The lowest BCUT2D eigenvalue weighted by Crippen LogP contribution is -2.47. The fraction of sp³-hybridized carbons (Fsp3) is 0.474. The Morgan fingerprint density at radius 2 is 1.96 bits per heavy atom. The van der Waals surface area contributed by atoms with E-state index in [1.807, 2.05) is 31.2 Å². The molecule has 1 saturated heterocycles. The van der Waals surface area contributed by atoms with Gasteiger partial charge in [0, 0.05) is 12.6 Å². The van der Waals surface area contributed by atoms with Gasteiger partial charge in [-0.05, 0) is 56.2 Å². The van der Waals surface area contributed by atoms with Crippen molar-refractivity contribution >= 4 is 23.3 Å². The van der Waals surface area contributed by atoms with Crippen molar-refractivity contribution in [2.24, 2.45) is 5.92 Å². The second-order valence-corrected chi connectivity index (χ2v) is 7.86. The molecule has 2 aromatic rings. The van der Waals surface area contributed by atoms with Gasteiger partial charge in [-0.25, -0.2) is 0 Å². The van der Waals surface area contributed by atoms with Crippen LogP contribution in [0.4, 0.5) is 0 Å². The topological polar surface area (TPSA) is 75.2 Å². The summed E-state index contributed by atoms with van der Waals surface area (Å²) in [5.41, 5.74) is 2.36. The smallest absolute Gasteiger partial charge is 0.282 e. The van der Waals surface area contributed by atoms with Gasteiger partial charge in [0.2, 0.25) is 5.91 Å². The van der Waals surface area contributed by atoms with Crippen LogP contribution in [-0.4, -0.2) is 45.4 Å². The van der Waals surface area contributed by atoms with Crippen LogP contribution >= 0.6 is 11.5 Å². The zero-order valence-electron chi connectivity index (χ0n) is 14.8. The molecule has 1 aromatic heterocycles. The Bertz CT molecular complexity index is 807. The van der Waals surface area contributed by atoms with Crippen molar-refractivity contribution in [3.63, 3.8) is 0 Å². The molecule has 1 aliphatic carbocycles. The predicted molar refractivity (Wildman–Crippen MR) is 99.9 cm³/mol. The van der Waals surface area contributed by atoms with Gasteiger partial charge in [-0.2, -0.15) is 0 Å². The average Bonchev–Trinajstić information content (AvgIpc) is 3.38. The summed E-state index contributed by atoms with van der Waals surface area (Å²) in [7, 11) is 0. The van der Waals surface area contributed by atoms with Gasteiger partial charge in [0.1, 0.15) is 0 Å². The second-order valence-electron chi connectivity index (χ2n) is 7.10. The summed E-state index contributed by atoms with van der Waals surface area (Å²) in [6.07, 6.45) is 3.57. The number of hydrogen-bond acceptors (Lipinski definition) is 6. The maximum Gasteiger partial charge on any atom is 0.282 e. The number of benzene rings is 1. The second kappa shape index (κ2) is 7.25. The van der Waals surface area contributed by atoms with Crippen LogP contribution in [0.2, 0.25) is 0 Å². The van der Waals surface area contributed by atoms with Gasteiger partial charge in [0.05, 0.1) is 10.8 Å². The van der Waals surface area contributed by atoms with Gasteiger partial charge in [-0.15, -0.1) is 5.10 Å². The molecule has 2 aliphatic rings. The first-order chi connectivity index (χ1) is 12.6. The third-order valence-corrected chi connectivity index (χ3v) is 5.79. The highest BCUT2D eigenvalue weighted by Crippen LogP contribution is 2.33. The molecular weight excluding hydrogens is 348 g/mol.